The van der Waals surface area contributed by atoms with Gasteiger partial charge in [0, 0.05) is 22.9 Å². The third-order valence-corrected chi connectivity index (χ3v) is 5.69. The molecule has 0 bridgehead atoms. The summed E-state index contributed by atoms with van der Waals surface area (Å²) in [5, 5.41) is 2.07. The van der Waals surface area contributed by atoms with Crippen LogP contribution in [0.5, 0.6) is 11.5 Å². The van der Waals surface area contributed by atoms with Crippen molar-refractivity contribution in [1.82, 2.24) is 4.90 Å². The molecule has 1 aliphatic heterocycles. The number of hydrogen-bond donors (Lipinski definition) is 1. The smallest absolute Gasteiger partial charge is 0.132 e. The van der Waals surface area contributed by atoms with Crippen LogP contribution in [0.15, 0.2) is 53.1 Å². The molecule has 154 valence electrons. The SMILES string of the molecule is COc1ccc(OCCCN2CCCCC2)cc1C(N)c1occ2ccccc12. The molecule has 5 heteroatoms. The molecule has 0 amide bonds. The van der Waals surface area contributed by atoms with Crippen molar-refractivity contribution in [1.29, 1.82) is 0 Å². The van der Waals surface area contributed by atoms with Crippen LogP contribution >= 0.6 is 0 Å². The zero-order chi connectivity index (χ0) is 20.1. The summed E-state index contributed by atoms with van der Waals surface area (Å²) in [7, 11) is 1.66. The Kier molecular flexibility index (Phi) is 6.37. The predicted octanol–water partition coefficient (Wildman–Crippen LogP) is 4.74. The number of nitrogens with zero attached hydrogens (tertiary/aromatic N) is 1. The predicted molar refractivity (Wildman–Crippen MR) is 116 cm³/mol. The van der Waals surface area contributed by atoms with E-state index in [0.717, 1.165) is 46.6 Å². The minimum atomic E-state index is -0.429. The molecule has 1 saturated heterocycles. The summed E-state index contributed by atoms with van der Waals surface area (Å²) in [5.74, 6) is 2.28. The van der Waals surface area contributed by atoms with Gasteiger partial charge in [0.1, 0.15) is 17.3 Å². The number of nitrogens with two attached hydrogens (primary N) is 1. The summed E-state index contributed by atoms with van der Waals surface area (Å²) in [6.45, 7) is 4.24. The van der Waals surface area contributed by atoms with Gasteiger partial charge in [0.05, 0.1) is 26.0 Å². The monoisotopic (exact) mass is 394 g/mol. The first kappa shape index (κ1) is 19.8. The molecule has 2 N–H and O–H groups in total. The lowest BCUT2D eigenvalue weighted by atomic mass is 10.0. The van der Waals surface area contributed by atoms with E-state index in [1.807, 2.05) is 42.5 Å². The van der Waals surface area contributed by atoms with Gasteiger partial charge in [-0.15, -0.1) is 0 Å². The van der Waals surface area contributed by atoms with Crippen LogP contribution in [0.25, 0.3) is 10.8 Å². The molecule has 1 aliphatic rings. The van der Waals surface area contributed by atoms with E-state index in [2.05, 4.69) is 4.90 Å². The topological polar surface area (TPSA) is 60.9 Å². The normalized spacial score (nSPS) is 16.1. The number of furan rings is 1. The van der Waals surface area contributed by atoms with Gasteiger partial charge in [-0.3, -0.25) is 0 Å². The van der Waals surface area contributed by atoms with Crippen LogP contribution in [0, 0.1) is 0 Å². The van der Waals surface area contributed by atoms with E-state index in [4.69, 9.17) is 19.6 Å². The van der Waals surface area contributed by atoms with Crippen molar-refractivity contribution < 1.29 is 13.9 Å². The van der Waals surface area contributed by atoms with Gasteiger partial charge in [-0.1, -0.05) is 30.7 Å². The lowest BCUT2D eigenvalue weighted by Gasteiger charge is -2.26. The molecule has 1 fully saturated rings. The lowest BCUT2D eigenvalue weighted by Crippen LogP contribution is -2.31. The number of methoxy groups -OCH3 is 1. The van der Waals surface area contributed by atoms with Crippen LogP contribution < -0.4 is 15.2 Å². The molecule has 1 aromatic heterocycles. The van der Waals surface area contributed by atoms with Crippen LogP contribution in [0.4, 0.5) is 0 Å². The van der Waals surface area contributed by atoms with Crippen molar-refractivity contribution in [3.05, 3.63) is 60.1 Å². The van der Waals surface area contributed by atoms with Gasteiger partial charge < -0.3 is 24.5 Å². The van der Waals surface area contributed by atoms with Crippen LogP contribution in [-0.4, -0.2) is 38.3 Å². The molecule has 4 rings (SSSR count). The first-order valence-corrected chi connectivity index (χ1v) is 10.5. The third-order valence-electron chi connectivity index (χ3n) is 5.69. The molecular weight excluding hydrogens is 364 g/mol. The van der Waals surface area contributed by atoms with E-state index in [9.17, 15) is 0 Å². The molecule has 0 spiro atoms. The van der Waals surface area contributed by atoms with Gasteiger partial charge in [0.15, 0.2) is 0 Å². The molecule has 1 unspecified atom stereocenters. The molecule has 0 saturated carbocycles. The van der Waals surface area contributed by atoms with Crippen molar-refractivity contribution in [3.8, 4) is 11.5 Å². The summed E-state index contributed by atoms with van der Waals surface area (Å²) in [4.78, 5) is 2.53. The van der Waals surface area contributed by atoms with Gasteiger partial charge in [0.2, 0.25) is 0 Å². The van der Waals surface area contributed by atoms with Crippen LogP contribution in [0.1, 0.15) is 43.0 Å². The second-order valence-electron chi connectivity index (χ2n) is 7.67. The van der Waals surface area contributed by atoms with Crippen molar-refractivity contribution in [2.24, 2.45) is 5.73 Å². The molecule has 0 aliphatic carbocycles. The maximum absolute atomic E-state index is 6.59. The maximum atomic E-state index is 6.59. The van der Waals surface area contributed by atoms with Crippen molar-refractivity contribution in [3.63, 3.8) is 0 Å². The van der Waals surface area contributed by atoms with Crippen molar-refractivity contribution in [2.75, 3.05) is 33.4 Å². The standard InChI is InChI=1S/C24H30N2O3/c1-27-22-11-10-19(28-15-7-14-26-12-5-2-6-13-26)16-21(22)23(25)24-20-9-4-3-8-18(20)17-29-24/h3-4,8-11,16-17,23H,2,5-7,12-15,25H2,1H3. The Hall–Kier alpha value is -2.50. The average Bonchev–Trinajstić information content (AvgIpc) is 3.21. The van der Waals surface area contributed by atoms with E-state index in [0.29, 0.717) is 6.61 Å². The van der Waals surface area contributed by atoms with Crippen molar-refractivity contribution in [2.45, 2.75) is 31.7 Å². The summed E-state index contributed by atoms with van der Waals surface area (Å²) in [6.07, 6.45) is 6.78. The molecule has 0 radical (unpaired) electrons. The van der Waals surface area contributed by atoms with E-state index in [1.165, 1.54) is 32.4 Å². The molecule has 2 heterocycles. The summed E-state index contributed by atoms with van der Waals surface area (Å²) < 4.78 is 17.4. The summed E-state index contributed by atoms with van der Waals surface area (Å²) in [5.41, 5.74) is 7.45. The Bertz CT molecular complexity index is 931. The largest absolute Gasteiger partial charge is 0.496 e. The van der Waals surface area contributed by atoms with Crippen LogP contribution in [0.3, 0.4) is 0 Å². The van der Waals surface area contributed by atoms with Crippen molar-refractivity contribution >= 4 is 10.8 Å². The Morgan fingerprint density at radius 3 is 2.76 bits per heavy atom. The fourth-order valence-corrected chi connectivity index (χ4v) is 4.10. The van der Waals surface area contributed by atoms with Gasteiger partial charge >= 0.3 is 0 Å². The number of benzene rings is 2. The molecule has 29 heavy (non-hydrogen) atoms. The number of fused-ring (bicyclic) bond motifs is 1. The maximum Gasteiger partial charge on any atom is 0.132 e. The zero-order valence-corrected chi connectivity index (χ0v) is 17.1. The minimum Gasteiger partial charge on any atom is -0.496 e. The zero-order valence-electron chi connectivity index (χ0n) is 17.1. The van der Waals surface area contributed by atoms with Crippen LogP contribution in [0.2, 0.25) is 0 Å². The Balaban J connectivity index is 1.45. The van der Waals surface area contributed by atoms with Gasteiger partial charge in [-0.05, 0) is 50.6 Å². The van der Waals surface area contributed by atoms with E-state index >= 15 is 0 Å². The van der Waals surface area contributed by atoms with E-state index < -0.39 is 6.04 Å². The highest BCUT2D eigenvalue weighted by Gasteiger charge is 2.20. The van der Waals surface area contributed by atoms with Gasteiger partial charge in [-0.25, -0.2) is 0 Å². The fourth-order valence-electron chi connectivity index (χ4n) is 4.10. The summed E-state index contributed by atoms with van der Waals surface area (Å²) in [6, 6.07) is 13.4. The first-order valence-electron chi connectivity index (χ1n) is 10.5. The van der Waals surface area contributed by atoms with E-state index in [-0.39, 0.29) is 0 Å². The highest BCUT2D eigenvalue weighted by molar-refractivity contribution is 5.84. The number of ether oxygens (including phenoxy) is 2. The highest BCUT2D eigenvalue weighted by Crippen LogP contribution is 2.35. The number of likely N-dealkylation sites (tertiary alicyclic amines) is 1. The van der Waals surface area contributed by atoms with Gasteiger partial charge in [-0.2, -0.15) is 0 Å². The molecular formula is C24H30N2O3. The second-order valence-corrected chi connectivity index (χ2v) is 7.67. The fraction of sp³-hybridized carbons (Fsp3) is 0.417. The molecule has 2 aromatic carbocycles. The van der Waals surface area contributed by atoms with Gasteiger partial charge in [0.25, 0.3) is 0 Å². The first-order chi connectivity index (χ1) is 14.3. The Labute approximate surface area is 172 Å². The Morgan fingerprint density at radius 1 is 1.10 bits per heavy atom. The molecule has 1 atom stereocenters. The lowest BCUT2D eigenvalue weighted by molar-refractivity contribution is 0.205. The number of hydrogen-bond acceptors (Lipinski definition) is 5. The van der Waals surface area contributed by atoms with E-state index in [1.54, 1.807) is 13.4 Å². The quantitative estimate of drug-likeness (QED) is 0.559. The Morgan fingerprint density at radius 2 is 1.93 bits per heavy atom. The number of rotatable bonds is 8. The third kappa shape index (κ3) is 4.57. The molecule has 5 nitrogen and oxygen atoms in total. The molecule has 3 aromatic rings. The second kappa shape index (κ2) is 9.33. The average molecular weight is 395 g/mol. The van der Waals surface area contributed by atoms with Crippen LogP contribution in [-0.2, 0) is 0 Å². The summed E-state index contributed by atoms with van der Waals surface area (Å²) >= 11 is 0. The number of piperidine rings is 1. The minimum absolute atomic E-state index is 0.429. The highest BCUT2D eigenvalue weighted by atomic mass is 16.5.